The highest BCUT2D eigenvalue weighted by Crippen LogP contribution is 1.82. The normalized spacial score (nSPS) is 13.3. The van der Waals surface area contributed by atoms with Gasteiger partial charge in [0.1, 0.15) is 8.96 Å². The maximum absolute atomic E-state index is 2.59. The Bertz CT molecular complexity index is 47.4. The molecule has 0 bridgehead atoms. The van der Waals surface area contributed by atoms with E-state index in [0.717, 1.165) is 0 Å². The van der Waals surface area contributed by atoms with Crippen LogP contribution in [0.3, 0.4) is 0 Å². The highest BCUT2D eigenvalue weighted by atomic mass is 29.1. The van der Waals surface area contributed by atoms with Crippen LogP contribution in [0, 0.1) is 0 Å². The van der Waals surface area contributed by atoms with Crippen molar-refractivity contribution in [1.82, 2.24) is 4.23 Å². The van der Waals surface area contributed by atoms with Gasteiger partial charge in [-0.25, -0.2) is 0 Å². The van der Waals surface area contributed by atoms with E-state index in [0.29, 0.717) is 9.20 Å². The van der Waals surface area contributed by atoms with Gasteiger partial charge < -0.3 is 4.23 Å². The third-order valence-corrected chi connectivity index (χ3v) is 11.3. The summed E-state index contributed by atoms with van der Waals surface area (Å²) < 4.78 is 2.59. The first-order valence-electron chi connectivity index (χ1n) is 2.69. The minimum absolute atomic E-state index is 0.0334. The molecule has 0 aromatic rings. The standard InChI is InChI=1S/C3H14NSi3/c1-4(6-5)7(2)3/h6H2,1-3,5H3. The lowest BCUT2D eigenvalue weighted by Crippen LogP contribution is -2.33. The molecule has 0 unspecified atom stereocenters. The van der Waals surface area contributed by atoms with Crippen LogP contribution in [0.1, 0.15) is 0 Å². The number of rotatable bonds is 2. The zero-order valence-corrected chi connectivity index (χ0v) is 10.1. The van der Waals surface area contributed by atoms with Gasteiger partial charge in [-0.05, 0) is 7.05 Å². The fourth-order valence-corrected chi connectivity index (χ4v) is 8.54. The first-order valence-corrected chi connectivity index (χ1v) is 11.4. The second kappa shape index (κ2) is 3.59. The third kappa shape index (κ3) is 3.22. The third-order valence-electron chi connectivity index (χ3n) is 1.24. The first kappa shape index (κ1) is 7.61. The molecule has 1 nitrogen and oxygen atoms in total. The average Bonchev–Trinajstić information content (AvgIpc) is 1.65. The molecule has 4 heteroatoms. The molecule has 0 amide bonds. The van der Waals surface area contributed by atoms with Crippen LogP contribution in [0.15, 0.2) is 0 Å². The van der Waals surface area contributed by atoms with E-state index < -0.39 is 0 Å². The van der Waals surface area contributed by atoms with Gasteiger partial charge in [-0.2, -0.15) is 0 Å². The Labute approximate surface area is 52.9 Å². The van der Waals surface area contributed by atoms with Crippen molar-refractivity contribution >= 4 is 27.9 Å². The number of hydrogen-bond acceptors (Lipinski definition) is 1. The molecule has 0 spiro atoms. The quantitative estimate of drug-likeness (QED) is 0.433. The zero-order chi connectivity index (χ0) is 5.86. The summed E-state index contributed by atoms with van der Waals surface area (Å²) in [6.07, 6.45) is 0. The Morgan fingerprint density at radius 3 is 2.00 bits per heavy atom. The molecule has 0 aromatic heterocycles. The maximum Gasteiger partial charge on any atom is 0.121 e. The fraction of sp³-hybridized carbons (Fsp3) is 1.00. The summed E-state index contributed by atoms with van der Waals surface area (Å²) in [5.41, 5.74) is 0. The summed E-state index contributed by atoms with van der Waals surface area (Å²) in [7, 11) is 4.01. The molecule has 1 radical (unpaired) electrons. The van der Waals surface area contributed by atoms with Gasteiger partial charge in [-0.1, -0.05) is 13.1 Å². The van der Waals surface area contributed by atoms with E-state index in [1.54, 1.807) is 0 Å². The monoisotopic (exact) mass is 148 g/mol. The van der Waals surface area contributed by atoms with Crippen LogP contribution < -0.4 is 0 Å². The van der Waals surface area contributed by atoms with Crippen molar-refractivity contribution in [2.24, 2.45) is 0 Å². The van der Waals surface area contributed by atoms with Crippen molar-refractivity contribution in [3.8, 4) is 0 Å². The van der Waals surface area contributed by atoms with E-state index in [2.05, 4.69) is 24.4 Å². The molecule has 0 N–H and O–H groups in total. The van der Waals surface area contributed by atoms with Crippen molar-refractivity contribution < 1.29 is 0 Å². The zero-order valence-electron chi connectivity index (χ0n) is 5.65. The van der Waals surface area contributed by atoms with Crippen molar-refractivity contribution in [1.29, 1.82) is 0 Å². The van der Waals surface area contributed by atoms with Gasteiger partial charge in [-0.3, -0.25) is 0 Å². The highest BCUT2D eigenvalue weighted by molar-refractivity contribution is 6.91. The summed E-state index contributed by atoms with van der Waals surface area (Å²) in [6.45, 7) is 4.71. The molecule has 0 fully saturated rings. The summed E-state index contributed by atoms with van der Waals surface area (Å²) in [5, 5.41) is 0. The Balaban J connectivity index is 3.14. The van der Waals surface area contributed by atoms with E-state index in [-0.39, 0.29) is 8.96 Å². The second-order valence-electron chi connectivity index (χ2n) is 1.96. The van der Waals surface area contributed by atoms with Crippen LogP contribution >= 0.6 is 0 Å². The Morgan fingerprint density at radius 1 is 1.57 bits per heavy atom. The van der Waals surface area contributed by atoms with Crippen LogP contribution in [0.25, 0.3) is 0 Å². The van der Waals surface area contributed by atoms with Gasteiger partial charge in [0.15, 0.2) is 0 Å². The molecule has 0 saturated carbocycles. The molecular weight excluding hydrogens is 134 g/mol. The molecule has 43 valence electrons. The summed E-state index contributed by atoms with van der Waals surface area (Å²) in [6, 6.07) is 0. The lowest BCUT2D eigenvalue weighted by Gasteiger charge is -2.15. The second-order valence-corrected chi connectivity index (χ2v) is 8.73. The molecular formula is C3H14NSi3. The Morgan fingerprint density at radius 2 is 2.00 bits per heavy atom. The van der Waals surface area contributed by atoms with Crippen LogP contribution in [0.5, 0.6) is 0 Å². The van der Waals surface area contributed by atoms with Crippen molar-refractivity contribution in [3.05, 3.63) is 0 Å². The molecule has 0 saturated heterocycles. The van der Waals surface area contributed by atoms with Crippen molar-refractivity contribution in [3.63, 3.8) is 0 Å². The van der Waals surface area contributed by atoms with Crippen molar-refractivity contribution in [2.45, 2.75) is 13.1 Å². The largest absolute Gasteiger partial charge is 0.357 e. The average molecular weight is 148 g/mol. The molecule has 0 aliphatic carbocycles. The van der Waals surface area contributed by atoms with Crippen LogP contribution in [0.2, 0.25) is 13.1 Å². The summed E-state index contributed by atoms with van der Waals surface area (Å²) in [5.74, 6) is 0. The molecule has 0 atom stereocenters. The van der Waals surface area contributed by atoms with Gasteiger partial charge in [0.25, 0.3) is 0 Å². The molecule has 0 aromatic carbocycles. The molecule has 0 heterocycles. The molecule has 0 aliphatic heterocycles. The lowest BCUT2D eigenvalue weighted by atomic mass is 11.6. The molecule has 7 heavy (non-hydrogen) atoms. The minimum atomic E-state index is -0.0334. The molecule has 0 aliphatic rings. The topological polar surface area (TPSA) is 3.24 Å². The van der Waals surface area contributed by atoms with Crippen LogP contribution in [-0.2, 0) is 0 Å². The van der Waals surface area contributed by atoms with E-state index in [4.69, 9.17) is 0 Å². The van der Waals surface area contributed by atoms with E-state index in [1.165, 1.54) is 9.76 Å². The van der Waals surface area contributed by atoms with Gasteiger partial charge >= 0.3 is 0 Å². The predicted molar refractivity (Wildman–Crippen MR) is 43.7 cm³/mol. The Hall–Kier alpha value is 0.611. The van der Waals surface area contributed by atoms with Crippen LogP contribution in [-0.4, -0.2) is 39.2 Å². The SMILES string of the molecule is CN([SiH2][SiH3])[Si](C)C. The molecule has 0 rings (SSSR count). The predicted octanol–water partition coefficient (Wildman–Crippen LogP) is -1.47. The van der Waals surface area contributed by atoms with E-state index in [9.17, 15) is 0 Å². The summed E-state index contributed by atoms with van der Waals surface area (Å²) >= 11 is 0. The van der Waals surface area contributed by atoms with Crippen LogP contribution in [0.4, 0.5) is 0 Å². The van der Waals surface area contributed by atoms with E-state index in [1.807, 2.05) is 0 Å². The maximum atomic E-state index is 2.59. The Kier molecular flexibility index (Phi) is 3.91. The van der Waals surface area contributed by atoms with Gasteiger partial charge in [0, 0.05) is 9.76 Å². The smallest absolute Gasteiger partial charge is 0.121 e. The minimum Gasteiger partial charge on any atom is -0.357 e. The fourth-order valence-electron chi connectivity index (χ4n) is 0.316. The first-order chi connectivity index (χ1) is 3.18. The number of hydrogen-bond donors (Lipinski definition) is 0. The van der Waals surface area contributed by atoms with Gasteiger partial charge in [0.05, 0.1) is 9.20 Å². The van der Waals surface area contributed by atoms with E-state index >= 15 is 0 Å². The number of nitrogens with zero attached hydrogens (tertiary/aromatic N) is 1. The lowest BCUT2D eigenvalue weighted by molar-refractivity contribution is 0.843. The van der Waals surface area contributed by atoms with Gasteiger partial charge in [-0.15, -0.1) is 0 Å². The van der Waals surface area contributed by atoms with Crippen molar-refractivity contribution in [2.75, 3.05) is 7.05 Å². The van der Waals surface area contributed by atoms with Gasteiger partial charge in [0.2, 0.25) is 0 Å². The summed E-state index contributed by atoms with van der Waals surface area (Å²) in [4.78, 5) is 0. The highest BCUT2D eigenvalue weighted by Gasteiger charge is 1.99.